The summed E-state index contributed by atoms with van der Waals surface area (Å²) in [4.78, 5) is 28.9. The van der Waals surface area contributed by atoms with Crippen molar-refractivity contribution in [3.05, 3.63) is 65.2 Å². The highest BCUT2D eigenvalue weighted by Crippen LogP contribution is 2.45. The lowest BCUT2D eigenvalue weighted by Crippen LogP contribution is -2.50. The number of pyridine rings is 1. The Labute approximate surface area is 151 Å². The molecule has 0 unspecified atom stereocenters. The Morgan fingerprint density at radius 1 is 1.27 bits per heavy atom. The van der Waals surface area contributed by atoms with Gasteiger partial charge < -0.3 is 9.84 Å². The number of nitrogens with zero attached hydrogens (tertiary/aromatic N) is 3. The smallest absolute Gasteiger partial charge is 0.449 e. The monoisotopic (exact) mass is 365 g/mol. The predicted octanol–water partition coefficient (Wildman–Crippen LogP) is 3.28. The van der Waals surface area contributed by atoms with Crippen LogP contribution in [0.1, 0.15) is 5.69 Å². The minimum Gasteiger partial charge on any atom is -0.449 e. The number of β-lactam (4-membered cyclic amide) rings is 1. The molecule has 1 amide bonds. The fraction of sp³-hybridized carbons (Fsp3) is 0.0556. The molecule has 2 aliphatic rings. The van der Waals surface area contributed by atoms with Gasteiger partial charge in [-0.05, 0) is 29.7 Å². The van der Waals surface area contributed by atoms with Gasteiger partial charge in [-0.1, -0.05) is 30.0 Å². The Morgan fingerprint density at radius 2 is 2.12 bits per heavy atom. The first kappa shape index (κ1) is 15.0. The first-order valence-electron chi connectivity index (χ1n) is 7.80. The molecule has 4 heterocycles. The molecule has 1 N–H and O–H groups in total. The van der Waals surface area contributed by atoms with Crippen LogP contribution in [0.15, 0.2) is 59.5 Å². The van der Waals surface area contributed by atoms with E-state index in [9.17, 15) is 9.59 Å². The molecule has 0 radical (unpaired) electrons. The van der Waals surface area contributed by atoms with Gasteiger partial charge in [-0.2, -0.15) is 0 Å². The predicted molar refractivity (Wildman–Crippen MR) is 96.1 cm³/mol. The number of carbonyl (C=O) groups excluding carboxylic acids is 1. The Kier molecular flexibility index (Phi) is 3.10. The van der Waals surface area contributed by atoms with Crippen LogP contribution in [0, 0.1) is 0 Å². The summed E-state index contributed by atoms with van der Waals surface area (Å²) in [5, 5.41) is 11.1. The number of amides is 1. The van der Waals surface area contributed by atoms with Crippen LogP contribution < -0.4 is 0 Å². The van der Waals surface area contributed by atoms with Gasteiger partial charge in [0.05, 0.1) is 16.8 Å². The van der Waals surface area contributed by atoms with Crippen LogP contribution in [-0.4, -0.2) is 36.8 Å². The summed E-state index contributed by atoms with van der Waals surface area (Å²) in [6.45, 7) is 0. The number of carbonyl (C=O) groups is 2. The standard InChI is InChI=1S/C18H11N3O4S/c22-16-12(17-21(16)15(9-26-17)25-18(23)24)7-11-8-20-13-4-2-1-3-10(13)5-6-14(20)19-11/h1-9,17H,(H,23,24)/b12-7-/t17-/m1/s1. The molecule has 2 aromatic heterocycles. The maximum Gasteiger partial charge on any atom is 0.512 e. The summed E-state index contributed by atoms with van der Waals surface area (Å²) in [5.74, 6) is -0.218. The van der Waals surface area contributed by atoms with E-state index in [2.05, 4.69) is 9.72 Å². The number of imidazole rings is 1. The van der Waals surface area contributed by atoms with Gasteiger partial charge in [0.1, 0.15) is 11.0 Å². The topological polar surface area (TPSA) is 84.1 Å². The van der Waals surface area contributed by atoms with Crippen molar-refractivity contribution in [3.63, 3.8) is 0 Å². The number of ether oxygens (including phenoxy) is 1. The second-order valence-corrected chi connectivity index (χ2v) is 6.83. The van der Waals surface area contributed by atoms with Crippen molar-refractivity contribution >= 4 is 46.5 Å². The quantitative estimate of drug-likeness (QED) is 0.426. The number of aromatic nitrogens is 2. The highest BCUT2D eigenvalue weighted by Gasteiger charge is 2.49. The molecule has 0 aliphatic carbocycles. The lowest BCUT2D eigenvalue weighted by molar-refractivity contribution is -0.133. The fourth-order valence-electron chi connectivity index (χ4n) is 3.21. The molecule has 1 aromatic carbocycles. The van der Waals surface area contributed by atoms with Crippen LogP contribution in [0.2, 0.25) is 0 Å². The highest BCUT2D eigenvalue weighted by atomic mass is 32.2. The largest absolute Gasteiger partial charge is 0.512 e. The zero-order valence-corrected chi connectivity index (χ0v) is 14.0. The van der Waals surface area contributed by atoms with E-state index in [-0.39, 0.29) is 17.2 Å². The van der Waals surface area contributed by atoms with Crippen LogP contribution in [-0.2, 0) is 9.53 Å². The first-order valence-corrected chi connectivity index (χ1v) is 8.74. The van der Waals surface area contributed by atoms with Gasteiger partial charge in [-0.3, -0.25) is 14.1 Å². The van der Waals surface area contributed by atoms with Crippen LogP contribution in [0.3, 0.4) is 0 Å². The van der Waals surface area contributed by atoms with Crippen molar-refractivity contribution in [2.45, 2.75) is 5.37 Å². The minimum absolute atomic E-state index is 0.0515. The number of fused-ring (bicyclic) bond motifs is 4. The fourth-order valence-corrected chi connectivity index (χ4v) is 4.26. The van der Waals surface area contributed by atoms with Crippen LogP contribution >= 0.6 is 11.8 Å². The maximum atomic E-state index is 12.4. The van der Waals surface area contributed by atoms with Crippen molar-refractivity contribution in [3.8, 4) is 0 Å². The third kappa shape index (κ3) is 2.12. The molecule has 128 valence electrons. The molecule has 26 heavy (non-hydrogen) atoms. The van der Waals surface area contributed by atoms with Crippen LogP contribution in [0.25, 0.3) is 22.6 Å². The molecule has 3 aromatic rings. The number of hydrogen-bond acceptors (Lipinski definition) is 5. The molecule has 1 fully saturated rings. The number of carboxylic acid groups (broad SMARTS) is 1. The lowest BCUT2D eigenvalue weighted by atomic mass is 10.1. The average Bonchev–Trinajstić information content (AvgIpc) is 3.20. The van der Waals surface area contributed by atoms with Gasteiger partial charge in [-0.25, -0.2) is 9.78 Å². The molecular weight excluding hydrogens is 354 g/mol. The zero-order valence-electron chi connectivity index (χ0n) is 13.2. The molecule has 0 saturated carbocycles. The third-order valence-electron chi connectivity index (χ3n) is 4.36. The van der Waals surface area contributed by atoms with Gasteiger partial charge in [0.25, 0.3) is 5.91 Å². The van der Waals surface area contributed by atoms with Gasteiger partial charge >= 0.3 is 6.16 Å². The van der Waals surface area contributed by atoms with E-state index in [1.165, 1.54) is 22.1 Å². The number of para-hydroxylation sites is 1. The minimum atomic E-state index is -1.44. The maximum absolute atomic E-state index is 12.4. The highest BCUT2D eigenvalue weighted by molar-refractivity contribution is 8.03. The van der Waals surface area contributed by atoms with Gasteiger partial charge in [0.15, 0.2) is 0 Å². The number of thioether (sulfide) groups is 1. The Morgan fingerprint density at radius 3 is 2.96 bits per heavy atom. The molecular formula is C18H11N3O4S. The van der Waals surface area contributed by atoms with Crippen molar-refractivity contribution < 1.29 is 19.4 Å². The second kappa shape index (κ2) is 5.37. The van der Waals surface area contributed by atoms with Crippen molar-refractivity contribution in [2.75, 3.05) is 0 Å². The molecule has 1 saturated heterocycles. The number of rotatable bonds is 2. The van der Waals surface area contributed by atoms with Crippen molar-refractivity contribution in [1.29, 1.82) is 0 Å². The summed E-state index contributed by atoms with van der Waals surface area (Å²) in [7, 11) is 0. The Hall–Kier alpha value is -3.26. The van der Waals surface area contributed by atoms with Gasteiger partial charge in [-0.15, -0.1) is 0 Å². The SMILES string of the molecule is O=C(O)OC1=CS[C@@H]2/C(=C\c3cn4c(ccc5ccccc54)n3)C(=O)N12. The van der Waals surface area contributed by atoms with Crippen LogP contribution in [0.5, 0.6) is 0 Å². The molecule has 2 aliphatic heterocycles. The normalized spacial score (nSPS) is 20.4. The van der Waals surface area contributed by atoms with Gasteiger partial charge in [0, 0.05) is 11.6 Å². The van der Waals surface area contributed by atoms with E-state index in [1.54, 1.807) is 6.08 Å². The summed E-state index contributed by atoms with van der Waals surface area (Å²) >= 11 is 1.33. The molecule has 5 rings (SSSR count). The second-order valence-electron chi connectivity index (χ2n) is 5.87. The lowest BCUT2D eigenvalue weighted by Gasteiger charge is -2.36. The number of hydrogen-bond donors (Lipinski definition) is 1. The summed E-state index contributed by atoms with van der Waals surface area (Å²) in [6.07, 6.45) is 2.20. The molecule has 0 bridgehead atoms. The average molecular weight is 365 g/mol. The third-order valence-corrected chi connectivity index (χ3v) is 5.42. The number of benzene rings is 1. The summed E-state index contributed by atoms with van der Waals surface area (Å²) < 4.78 is 6.61. The summed E-state index contributed by atoms with van der Waals surface area (Å²) in [6, 6.07) is 11.9. The van der Waals surface area contributed by atoms with E-state index in [0.717, 1.165) is 16.6 Å². The van der Waals surface area contributed by atoms with Crippen LogP contribution in [0.4, 0.5) is 4.79 Å². The zero-order chi connectivity index (χ0) is 17.8. The van der Waals surface area contributed by atoms with E-state index < -0.39 is 6.16 Å². The summed E-state index contributed by atoms with van der Waals surface area (Å²) in [5.41, 5.74) is 3.09. The van der Waals surface area contributed by atoms with Gasteiger partial charge in [0.2, 0.25) is 5.88 Å². The molecule has 8 heteroatoms. The Bertz CT molecular complexity index is 1160. The van der Waals surface area contributed by atoms with Crippen molar-refractivity contribution in [1.82, 2.24) is 14.3 Å². The molecule has 0 spiro atoms. The Balaban J connectivity index is 1.50. The van der Waals surface area contributed by atoms with Crippen molar-refractivity contribution in [2.24, 2.45) is 0 Å². The molecule has 7 nitrogen and oxygen atoms in total. The van der Waals surface area contributed by atoms with E-state index in [0.29, 0.717) is 11.3 Å². The van der Waals surface area contributed by atoms with E-state index >= 15 is 0 Å². The first-order chi connectivity index (χ1) is 12.6. The molecule has 1 atom stereocenters. The van der Waals surface area contributed by atoms with E-state index in [1.807, 2.05) is 47.0 Å². The van der Waals surface area contributed by atoms with E-state index in [4.69, 9.17) is 5.11 Å².